The first-order valence-electron chi connectivity index (χ1n) is 9.41. The third kappa shape index (κ3) is 2.91. The van der Waals surface area contributed by atoms with E-state index in [0.717, 1.165) is 15.6 Å². The Hall–Kier alpha value is -3.71. The van der Waals surface area contributed by atoms with Gasteiger partial charge in [-0.25, -0.2) is 17.4 Å². The van der Waals surface area contributed by atoms with Gasteiger partial charge < -0.3 is 0 Å². The Morgan fingerprint density at radius 3 is 2.13 bits per heavy atom. The Kier molecular flexibility index (Phi) is 4.25. The molecule has 1 aliphatic heterocycles. The summed E-state index contributed by atoms with van der Waals surface area (Å²) < 4.78 is 28.6. The molecule has 0 atom stereocenters. The molecule has 5 rings (SSSR count). The van der Waals surface area contributed by atoms with Gasteiger partial charge in [0, 0.05) is 17.3 Å². The molecule has 6 nitrogen and oxygen atoms in total. The van der Waals surface area contributed by atoms with Crippen molar-refractivity contribution >= 4 is 15.9 Å². The zero-order chi connectivity index (χ0) is 20.7. The van der Waals surface area contributed by atoms with Gasteiger partial charge in [0.2, 0.25) is 0 Å². The number of hydrogen-bond donors (Lipinski definition) is 0. The summed E-state index contributed by atoms with van der Waals surface area (Å²) in [5, 5.41) is 4.70. The Morgan fingerprint density at radius 2 is 1.43 bits per heavy atom. The predicted molar refractivity (Wildman–Crippen MR) is 113 cm³/mol. The highest BCUT2D eigenvalue weighted by Gasteiger charge is 2.41. The van der Waals surface area contributed by atoms with Crippen LogP contribution in [0.15, 0.2) is 96.0 Å². The Morgan fingerprint density at radius 1 is 0.800 bits per heavy atom. The average Bonchev–Trinajstić information content (AvgIpc) is 3.29. The highest BCUT2D eigenvalue weighted by molar-refractivity contribution is 7.90. The average molecular weight is 415 g/mol. The summed E-state index contributed by atoms with van der Waals surface area (Å²) in [6.45, 7) is -0.0904. The first-order chi connectivity index (χ1) is 14.6. The maximum absolute atomic E-state index is 13.0. The van der Waals surface area contributed by atoms with E-state index in [1.165, 1.54) is 6.07 Å². The van der Waals surface area contributed by atoms with Crippen LogP contribution in [0.3, 0.4) is 0 Å². The molecule has 7 heteroatoms. The van der Waals surface area contributed by atoms with Crippen molar-refractivity contribution in [2.75, 3.05) is 0 Å². The highest BCUT2D eigenvalue weighted by atomic mass is 32.2. The molecule has 1 aliphatic rings. The summed E-state index contributed by atoms with van der Waals surface area (Å²) in [6, 6.07) is 25.4. The van der Waals surface area contributed by atoms with Gasteiger partial charge in [-0.1, -0.05) is 60.7 Å². The van der Waals surface area contributed by atoms with Crippen LogP contribution in [0.4, 0.5) is 0 Å². The Bertz CT molecular complexity index is 1350. The van der Waals surface area contributed by atoms with E-state index < -0.39 is 15.9 Å². The molecule has 0 radical (unpaired) electrons. The number of carbonyl (C=O) groups excluding carboxylic acids is 1. The van der Waals surface area contributed by atoms with Crippen molar-refractivity contribution in [1.29, 1.82) is 0 Å². The van der Waals surface area contributed by atoms with Gasteiger partial charge >= 0.3 is 0 Å². The standard InChI is InChI=1S/C23H17N3O3S/c27-23-20-13-7-8-14-21(20)30(28,29)26(23)16-18-15-25(19-11-5-2-6-12-19)24-22(18)17-9-3-1-4-10-17/h1-15H,16H2. The molecular weight excluding hydrogens is 398 g/mol. The molecule has 0 saturated heterocycles. The number of sulfonamides is 1. The van der Waals surface area contributed by atoms with E-state index in [0.29, 0.717) is 11.3 Å². The van der Waals surface area contributed by atoms with Crippen LogP contribution >= 0.6 is 0 Å². The largest absolute Gasteiger partial charge is 0.269 e. The fraction of sp³-hybridized carbons (Fsp3) is 0.0435. The van der Waals surface area contributed by atoms with E-state index in [-0.39, 0.29) is 17.0 Å². The minimum Gasteiger partial charge on any atom is -0.268 e. The number of benzene rings is 3. The molecule has 0 unspecified atom stereocenters. The summed E-state index contributed by atoms with van der Waals surface area (Å²) in [7, 11) is -3.90. The lowest BCUT2D eigenvalue weighted by atomic mass is 10.1. The summed E-state index contributed by atoms with van der Waals surface area (Å²) in [6.07, 6.45) is 1.78. The molecule has 4 aromatic rings. The lowest BCUT2D eigenvalue weighted by molar-refractivity contribution is 0.0865. The summed E-state index contributed by atoms with van der Waals surface area (Å²) >= 11 is 0. The van der Waals surface area contributed by atoms with Gasteiger partial charge in [-0.15, -0.1) is 0 Å². The minimum atomic E-state index is -3.90. The van der Waals surface area contributed by atoms with E-state index in [2.05, 4.69) is 0 Å². The number of carbonyl (C=O) groups is 1. The monoisotopic (exact) mass is 415 g/mol. The Labute approximate surface area is 174 Å². The third-order valence-electron chi connectivity index (χ3n) is 5.08. The quantitative estimate of drug-likeness (QED) is 0.507. The lowest BCUT2D eigenvalue weighted by Gasteiger charge is -2.15. The molecule has 0 N–H and O–H groups in total. The van der Waals surface area contributed by atoms with Crippen molar-refractivity contribution < 1.29 is 13.2 Å². The molecule has 30 heavy (non-hydrogen) atoms. The lowest BCUT2D eigenvalue weighted by Crippen LogP contribution is -2.29. The van der Waals surface area contributed by atoms with E-state index in [1.807, 2.05) is 60.7 Å². The van der Waals surface area contributed by atoms with Crippen LogP contribution in [0.5, 0.6) is 0 Å². The number of nitrogens with zero attached hydrogens (tertiary/aromatic N) is 3. The number of fused-ring (bicyclic) bond motifs is 1. The van der Waals surface area contributed by atoms with Gasteiger partial charge in [0.25, 0.3) is 15.9 Å². The number of amides is 1. The first-order valence-corrected chi connectivity index (χ1v) is 10.9. The van der Waals surface area contributed by atoms with Crippen LogP contribution in [0, 0.1) is 0 Å². The van der Waals surface area contributed by atoms with Crippen molar-refractivity contribution in [2.24, 2.45) is 0 Å². The van der Waals surface area contributed by atoms with Crippen LogP contribution in [0.2, 0.25) is 0 Å². The first kappa shape index (κ1) is 18.3. The maximum Gasteiger partial charge on any atom is 0.269 e. The van der Waals surface area contributed by atoms with Crippen molar-refractivity contribution in [1.82, 2.24) is 14.1 Å². The van der Waals surface area contributed by atoms with Gasteiger partial charge in [0.15, 0.2) is 0 Å². The predicted octanol–water partition coefficient (Wildman–Crippen LogP) is 3.88. The van der Waals surface area contributed by atoms with Crippen LogP contribution in [0.25, 0.3) is 16.9 Å². The highest BCUT2D eigenvalue weighted by Crippen LogP contribution is 2.33. The molecule has 0 spiro atoms. The smallest absolute Gasteiger partial charge is 0.268 e. The molecule has 1 aromatic heterocycles. The maximum atomic E-state index is 13.0. The third-order valence-corrected chi connectivity index (χ3v) is 6.87. The van der Waals surface area contributed by atoms with E-state index in [9.17, 15) is 13.2 Å². The van der Waals surface area contributed by atoms with Crippen molar-refractivity contribution in [3.8, 4) is 16.9 Å². The second kappa shape index (κ2) is 6.96. The normalized spacial score (nSPS) is 14.7. The SMILES string of the molecule is O=C1c2ccccc2S(=O)(=O)N1Cc1cn(-c2ccccc2)nc1-c1ccccc1. The van der Waals surface area contributed by atoms with Gasteiger partial charge in [-0.2, -0.15) is 5.10 Å². The number of rotatable bonds is 4. The van der Waals surface area contributed by atoms with Crippen molar-refractivity contribution in [2.45, 2.75) is 11.4 Å². The topological polar surface area (TPSA) is 72.3 Å². The Balaban J connectivity index is 1.61. The van der Waals surface area contributed by atoms with E-state index in [4.69, 9.17) is 5.10 Å². The molecule has 1 amide bonds. The summed E-state index contributed by atoms with van der Waals surface area (Å²) in [5.41, 5.74) is 3.19. The second-order valence-corrected chi connectivity index (χ2v) is 8.79. The number of hydrogen-bond acceptors (Lipinski definition) is 4. The van der Waals surface area contributed by atoms with Crippen LogP contribution < -0.4 is 0 Å². The zero-order valence-corrected chi connectivity index (χ0v) is 16.7. The fourth-order valence-electron chi connectivity index (χ4n) is 3.62. The van der Waals surface area contributed by atoms with Crippen LogP contribution in [-0.4, -0.2) is 28.4 Å². The van der Waals surface area contributed by atoms with Gasteiger partial charge in [-0.05, 0) is 24.3 Å². The molecule has 0 fully saturated rings. The van der Waals surface area contributed by atoms with E-state index in [1.54, 1.807) is 29.1 Å². The molecule has 0 saturated carbocycles. The molecule has 0 aliphatic carbocycles. The van der Waals surface area contributed by atoms with Gasteiger partial charge in [0.05, 0.1) is 23.5 Å². The minimum absolute atomic E-state index is 0.0479. The summed E-state index contributed by atoms with van der Waals surface area (Å²) in [5.74, 6) is -0.517. The van der Waals surface area contributed by atoms with Gasteiger partial charge in [-0.3, -0.25) is 4.79 Å². The van der Waals surface area contributed by atoms with Gasteiger partial charge in [0.1, 0.15) is 4.90 Å². The molecular formula is C23H17N3O3S. The van der Waals surface area contributed by atoms with Crippen LogP contribution in [0.1, 0.15) is 15.9 Å². The molecule has 2 heterocycles. The van der Waals surface area contributed by atoms with Crippen molar-refractivity contribution in [3.05, 3.63) is 102 Å². The zero-order valence-electron chi connectivity index (χ0n) is 15.8. The molecule has 3 aromatic carbocycles. The molecule has 148 valence electrons. The summed E-state index contributed by atoms with van der Waals surface area (Å²) in [4.78, 5) is 12.9. The van der Waals surface area contributed by atoms with E-state index >= 15 is 0 Å². The number of aromatic nitrogens is 2. The van der Waals surface area contributed by atoms with Crippen molar-refractivity contribution in [3.63, 3.8) is 0 Å². The molecule has 0 bridgehead atoms. The number of para-hydroxylation sites is 1. The second-order valence-electron chi connectivity index (χ2n) is 6.96. The van der Waals surface area contributed by atoms with Crippen LogP contribution in [-0.2, 0) is 16.6 Å². The fourth-order valence-corrected chi connectivity index (χ4v) is 5.17.